The van der Waals surface area contributed by atoms with Gasteiger partial charge in [-0.3, -0.25) is 23.7 Å². The van der Waals surface area contributed by atoms with Crippen LogP contribution in [0.15, 0.2) is 70.5 Å². The second kappa shape index (κ2) is 8.35. The molecule has 156 valence electrons. The quantitative estimate of drug-likeness (QED) is 0.539. The minimum absolute atomic E-state index is 0.0103. The number of aryl methyl sites for hydroxylation is 2. The van der Waals surface area contributed by atoms with E-state index in [-0.39, 0.29) is 24.5 Å². The molecule has 8 nitrogen and oxygen atoms in total. The molecule has 0 bridgehead atoms. The van der Waals surface area contributed by atoms with Crippen LogP contribution in [0.3, 0.4) is 0 Å². The topological polar surface area (TPSA) is 98.9 Å². The van der Waals surface area contributed by atoms with Crippen molar-refractivity contribution in [1.29, 1.82) is 0 Å². The average Bonchev–Trinajstić information content (AvgIpc) is 2.77. The smallest absolute Gasteiger partial charge is 0.324 e. The maximum absolute atomic E-state index is 13.2. The molecule has 3 heterocycles. The number of hydrogen-bond acceptors (Lipinski definition) is 5. The second-order valence-electron chi connectivity index (χ2n) is 7.32. The largest absolute Gasteiger partial charge is 0.332 e. The summed E-state index contributed by atoms with van der Waals surface area (Å²) < 4.78 is 2.33. The summed E-state index contributed by atoms with van der Waals surface area (Å²) in [4.78, 5) is 47.3. The van der Waals surface area contributed by atoms with Crippen LogP contribution in [0.1, 0.15) is 16.8 Å². The van der Waals surface area contributed by atoms with Crippen LogP contribution in [0.4, 0.5) is 5.69 Å². The molecule has 4 rings (SSSR count). The number of anilines is 1. The molecule has 0 radical (unpaired) electrons. The molecule has 0 aliphatic carbocycles. The lowest BCUT2D eigenvalue weighted by atomic mass is 10.1. The fourth-order valence-electron chi connectivity index (χ4n) is 3.39. The third-order valence-electron chi connectivity index (χ3n) is 5.00. The Kier molecular flexibility index (Phi) is 5.44. The molecule has 0 fully saturated rings. The fourth-order valence-corrected chi connectivity index (χ4v) is 3.39. The van der Waals surface area contributed by atoms with E-state index in [1.165, 1.54) is 10.8 Å². The standard InChI is InChI=1S/C23H21N5O3/c1-15-8-9-16(2)18(12-15)26-20(29)14-27-19-7-5-11-25-21(19)22(30)28(23(27)31)13-17-6-3-4-10-24-17/h3-12H,13-14H2,1-2H3,(H,26,29). The van der Waals surface area contributed by atoms with Gasteiger partial charge in [0.25, 0.3) is 5.56 Å². The first-order valence-corrected chi connectivity index (χ1v) is 9.79. The Hall–Kier alpha value is -4.07. The van der Waals surface area contributed by atoms with Gasteiger partial charge in [-0.25, -0.2) is 9.78 Å². The molecular formula is C23H21N5O3. The molecule has 3 aromatic heterocycles. The predicted octanol–water partition coefficient (Wildman–Crippen LogP) is 2.26. The van der Waals surface area contributed by atoms with Crippen LogP contribution in [0.5, 0.6) is 0 Å². The number of carbonyl (C=O) groups excluding carboxylic acids is 1. The highest BCUT2D eigenvalue weighted by Gasteiger charge is 2.17. The van der Waals surface area contributed by atoms with Crippen molar-refractivity contribution in [2.75, 3.05) is 5.32 Å². The lowest BCUT2D eigenvalue weighted by Crippen LogP contribution is -2.42. The number of hydrogen-bond donors (Lipinski definition) is 1. The summed E-state index contributed by atoms with van der Waals surface area (Å²) in [6, 6.07) is 14.3. The van der Waals surface area contributed by atoms with E-state index < -0.39 is 11.2 Å². The van der Waals surface area contributed by atoms with Gasteiger partial charge in [-0.2, -0.15) is 0 Å². The Labute approximate surface area is 177 Å². The van der Waals surface area contributed by atoms with Gasteiger partial charge in [0, 0.05) is 18.1 Å². The molecule has 31 heavy (non-hydrogen) atoms. The zero-order valence-corrected chi connectivity index (χ0v) is 17.2. The number of benzene rings is 1. The zero-order valence-electron chi connectivity index (χ0n) is 17.2. The SMILES string of the molecule is Cc1ccc(C)c(NC(=O)Cn2c(=O)n(Cc3ccccn3)c(=O)c3ncccc32)c1. The Morgan fingerprint density at radius 3 is 2.55 bits per heavy atom. The van der Waals surface area contributed by atoms with Crippen molar-refractivity contribution in [2.24, 2.45) is 0 Å². The van der Waals surface area contributed by atoms with Gasteiger partial charge in [-0.1, -0.05) is 18.2 Å². The number of nitrogens with zero attached hydrogens (tertiary/aromatic N) is 4. The Bertz CT molecular complexity index is 1390. The lowest BCUT2D eigenvalue weighted by Gasteiger charge is -2.14. The minimum Gasteiger partial charge on any atom is -0.324 e. The van der Waals surface area contributed by atoms with Crippen LogP contribution in [-0.2, 0) is 17.9 Å². The van der Waals surface area contributed by atoms with E-state index in [0.717, 1.165) is 15.7 Å². The number of fused-ring (bicyclic) bond motifs is 1. The predicted molar refractivity (Wildman–Crippen MR) is 118 cm³/mol. The number of aromatic nitrogens is 4. The van der Waals surface area contributed by atoms with Crippen LogP contribution >= 0.6 is 0 Å². The van der Waals surface area contributed by atoms with Gasteiger partial charge >= 0.3 is 5.69 Å². The summed E-state index contributed by atoms with van der Waals surface area (Å²) in [5.74, 6) is -0.371. The van der Waals surface area contributed by atoms with Gasteiger partial charge in [0.05, 0.1) is 17.8 Å². The summed E-state index contributed by atoms with van der Waals surface area (Å²) >= 11 is 0. The molecule has 0 aliphatic heterocycles. The monoisotopic (exact) mass is 415 g/mol. The first-order valence-electron chi connectivity index (χ1n) is 9.79. The lowest BCUT2D eigenvalue weighted by molar-refractivity contribution is -0.116. The van der Waals surface area contributed by atoms with Crippen molar-refractivity contribution in [3.05, 3.63) is 98.6 Å². The number of rotatable bonds is 5. The third kappa shape index (κ3) is 4.13. The number of pyridine rings is 2. The van der Waals surface area contributed by atoms with Gasteiger partial charge in [0.1, 0.15) is 6.54 Å². The Morgan fingerprint density at radius 2 is 1.77 bits per heavy atom. The average molecular weight is 415 g/mol. The van der Waals surface area contributed by atoms with E-state index in [0.29, 0.717) is 16.9 Å². The van der Waals surface area contributed by atoms with E-state index in [1.54, 1.807) is 36.5 Å². The van der Waals surface area contributed by atoms with Crippen LogP contribution in [0.25, 0.3) is 11.0 Å². The van der Waals surface area contributed by atoms with Gasteiger partial charge in [0.2, 0.25) is 5.91 Å². The zero-order chi connectivity index (χ0) is 22.0. The van der Waals surface area contributed by atoms with E-state index in [4.69, 9.17) is 0 Å². The Balaban J connectivity index is 1.76. The molecule has 0 saturated carbocycles. The summed E-state index contributed by atoms with van der Waals surface area (Å²) in [6.45, 7) is 3.57. The molecule has 1 aromatic carbocycles. The number of amides is 1. The maximum atomic E-state index is 13.2. The molecule has 0 aliphatic rings. The molecule has 8 heteroatoms. The van der Waals surface area contributed by atoms with Gasteiger partial charge in [0.15, 0.2) is 5.52 Å². The van der Waals surface area contributed by atoms with Crippen molar-refractivity contribution >= 4 is 22.6 Å². The Morgan fingerprint density at radius 1 is 0.968 bits per heavy atom. The van der Waals surface area contributed by atoms with Crippen LogP contribution in [0.2, 0.25) is 0 Å². The first-order chi connectivity index (χ1) is 14.9. The molecule has 0 unspecified atom stereocenters. The van der Waals surface area contributed by atoms with Crippen LogP contribution in [-0.4, -0.2) is 25.0 Å². The highest BCUT2D eigenvalue weighted by atomic mass is 16.2. The first kappa shape index (κ1) is 20.2. The summed E-state index contributed by atoms with van der Waals surface area (Å²) in [5, 5.41) is 2.86. The second-order valence-corrected chi connectivity index (χ2v) is 7.32. The van der Waals surface area contributed by atoms with Gasteiger partial charge < -0.3 is 5.32 Å². The van der Waals surface area contributed by atoms with E-state index in [9.17, 15) is 14.4 Å². The molecule has 4 aromatic rings. The van der Waals surface area contributed by atoms with E-state index >= 15 is 0 Å². The highest BCUT2D eigenvalue weighted by Crippen LogP contribution is 2.16. The maximum Gasteiger partial charge on any atom is 0.332 e. The summed E-state index contributed by atoms with van der Waals surface area (Å²) in [5.41, 5.74) is 2.49. The molecule has 0 spiro atoms. The summed E-state index contributed by atoms with van der Waals surface area (Å²) in [6.07, 6.45) is 3.08. The number of carbonyl (C=O) groups is 1. The van der Waals surface area contributed by atoms with Crippen molar-refractivity contribution in [2.45, 2.75) is 26.9 Å². The van der Waals surface area contributed by atoms with Gasteiger partial charge in [-0.05, 0) is 55.3 Å². The minimum atomic E-state index is -0.590. The van der Waals surface area contributed by atoms with Gasteiger partial charge in [-0.15, -0.1) is 0 Å². The third-order valence-corrected chi connectivity index (χ3v) is 5.00. The van der Waals surface area contributed by atoms with Crippen LogP contribution in [0, 0.1) is 13.8 Å². The molecule has 0 atom stereocenters. The van der Waals surface area contributed by atoms with Crippen molar-refractivity contribution < 1.29 is 4.79 Å². The van der Waals surface area contributed by atoms with E-state index in [2.05, 4.69) is 15.3 Å². The molecule has 1 amide bonds. The molecule has 1 N–H and O–H groups in total. The summed E-state index contributed by atoms with van der Waals surface area (Å²) in [7, 11) is 0. The molecule has 0 saturated heterocycles. The fraction of sp³-hybridized carbons (Fsp3) is 0.174. The molecular weight excluding hydrogens is 394 g/mol. The van der Waals surface area contributed by atoms with Crippen LogP contribution < -0.4 is 16.6 Å². The van der Waals surface area contributed by atoms with Crippen molar-refractivity contribution in [1.82, 2.24) is 19.1 Å². The van der Waals surface area contributed by atoms with Crippen molar-refractivity contribution in [3.8, 4) is 0 Å². The van der Waals surface area contributed by atoms with E-state index in [1.807, 2.05) is 32.0 Å². The van der Waals surface area contributed by atoms with Crippen molar-refractivity contribution in [3.63, 3.8) is 0 Å². The highest BCUT2D eigenvalue weighted by molar-refractivity contribution is 5.92. The normalized spacial score (nSPS) is 10.9. The number of nitrogens with one attached hydrogen (secondary N) is 1.